The molecule has 0 bridgehead atoms. The van der Waals surface area contributed by atoms with Crippen molar-refractivity contribution in [3.8, 4) is 0 Å². The molecule has 0 radical (unpaired) electrons. The van der Waals surface area contributed by atoms with Crippen LogP contribution >= 0.6 is 20.2 Å². The number of aliphatic hydroxyl groups is 2. The Balaban J connectivity index is 0.00000206. The zero-order valence-corrected chi connectivity index (χ0v) is 31.8. The molecule has 1 aliphatic heterocycles. The second-order valence-corrected chi connectivity index (χ2v) is 17.9. The van der Waals surface area contributed by atoms with Crippen molar-refractivity contribution in [3.63, 3.8) is 0 Å². The first kappa shape index (κ1) is 38.0. The quantitative estimate of drug-likeness (QED) is 0.176. The first-order valence-electron chi connectivity index (χ1n) is 15.6. The molecule has 6 heteroatoms. The van der Waals surface area contributed by atoms with Crippen LogP contribution in [0.15, 0.2) is 46.4 Å². The van der Waals surface area contributed by atoms with Crippen LogP contribution < -0.4 is 0 Å². The summed E-state index contributed by atoms with van der Waals surface area (Å²) in [7, 11) is 9.53. The van der Waals surface area contributed by atoms with E-state index in [1.165, 1.54) is 22.3 Å². The molecule has 1 saturated heterocycles. The van der Waals surface area contributed by atoms with Gasteiger partial charge in [0.05, 0.1) is 22.8 Å². The molecule has 2 aromatic rings. The van der Waals surface area contributed by atoms with Gasteiger partial charge in [0, 0.05) is 12.8 Å². The molecule has 43 heavy (non-hydrogen) atoms. The minimum absolute atomic E-state index is 0.0150. The molecule has 0 aliphatic carbocycles. The Kier molecular flexibility index (Phi) is 13.2. The third-order valence-electron chi connectivity index (χ3n) is 8.16. The van der Waals surface area contributed by atoms with Crippen molar-refractivity contribution < 1.29 is 17.9 Å². The fourth-order valence-electron chi connectivity index (χ4n) is 5.75. The predicted octanol–water partition coefficient (Wildman–Crippen LogP) is 11.6. The predicted molar refractivity (Wildman–Crippen MR) is 189 cm³/mol. The van der Waals surface area contributed by atoms with Crippen molar-refractivity contribution in [2.75, 3.05) is 0 Å². The molecule has 3 nitrogen and oxygen atoms in total. The van der Waals surface area contributed by atoms with Crippen molar-refractivity contribution in [2.24, 2.45) is 9.98 Å². The summed E-state index contributed by atoms with van der Waals surface area (Å²) in [6.45, 7) is 31.8. The number of aliphatic imine (C=N–C) groups is 2. The van der Waals surface area contributed by atoms with Crippen molar-refractivity contribution in [1.29, 1.82) is 0 Å². The van der Waals surface area contributed by atoms with Crippen molar-refractivity contribution in [1.82, 2.24) is 0 Å². The number of hydrogen-bond donors (Lipinski definition) is 0. The number of benzene rings is 2. The van der Waals surface area contributed by atoms with Gasteiger partial charge in [-0.2, -0.15) is 0 Å². The van der Waals surface area contributed by atoms with Crippen LogP contribution in [0.2, 0.25) is 0 Å². The zero-order chi connectivity index (χ0) is 33.0. The van der Waals surface area contributed by atoms with E-state index in [-0.39, 0.29) is 47.0 Å². The first-order valence-corrected chi connectivity index (χ1v) is 18.6. The van der Waals surface area contributed by atoms with Crippen LogP contribution in [0.3, 0.4) is 0 Å². The van der Waals surface area contributed by atoms with Gasteiger partial charge in [-0.15, -0.1) is 0 Å². The Morgan fingerprint density at radius 1 is 0.605 bits per heavy atom. The molecule has 1 fully saturated rings. The fraction of sp³-hybridized carbons (Fsp3) is 0.622. The van der Waals surface area contributed by atoms with Crippen LogP contribution in [0.5, 0.6) is 0 Å². The maximum absolute atomic E-state index is 5.38. The Bertz CT molecular complexity index is 1130. The molecule has 0 saturated carbocycles. The van der Waals surface area contributed by atoms with Gasteiger partial charge in [-0.25, -0.2) is 9.98 Å². The standard InChI is InChI=1S/C37H56N2O.2ClH.Fe/c1-24(38-32-26(34(3,4)5)18-15-19-27(32)35(6,7)8)30-22-17-23-31(40-30)25(2)39-33-28(36(9,10)11)20-16-21-29(33)37(12,13)14;;;/h15-16,18-21,30-31H,17,22-23H2,1-14H3;2*1H;/q;;;+2/p-1. The summed E-state index contributed by atoms with van der Waals surface area (Å²) in [5.41, 5.74) is 9.78. The molecule has 2 unspecified atom stereocenters. The fourth-order valence-corrected chi connectivity index (χ4v) is 5.75. The van der Waals surface area contributed by atoms with E-state index in [0.717, 1.165) is 42.1 Å². The molecule has 242 valence electrons. The van der Waals surface area contributed by atoms with Gasteiger partial charge in [-0.3, -0.25) is 0 Å². The van der Waals surface area contributed by atoms with E-state index in [4.69, 9.17) is 34.9 Å². The van der Waals surface area contributed by atoms with Gasteiger partial charge in [-0.05, 0) is 64.2 Å². The number of rotatable bonds is 4. The Labute approximate surface area is 278 Å². The van der Waals surface area contributed by atoms with Gasteiger partial charge in [0.25, 0.3) is 0 Å². The Morgan fingerprint density at radius 3 is 1.09 bits per heavy atom. The zero-order valence-electron chi connectivity index (χ0n) is 29.2. The van der Waals surface area contributed by atoms with Crippen LogP contribution in [0, 0.1) is 0 Å². The second-order valence-electron chi connectivity index (χ2n) is 16.1. The van der Waals surface area contributed by atoms with Gasteiger partial charge in [0.2, 0.25) is 0 Å². The SMILES string of the molecule is CC(=Nc1c(C(C)(C)C)cccc1C(C)(C)C)C1CCCC(C(C)=Nc2c(C(C)(C)C)cccc2C(C)(C)C)[OH+]1.[Cl][Fe][Cl]. The van der Waals surface area contributed by atoms with Crippen molar-refractivity contribution in [2.45, 2.75) is 150 Å². The van der Waals surface area contributed by atoms with Gasteiger partial charge in [0.1, 0.15) is 0 Å². The van der Waals surface area contributed by atoms with E-state index in [9.17, 15) is 0 Å². The summed E-state index contributed by atoms with van der Waals surface area (Å²) >= 11 is 0.194. The number of nitrogens with zero attached hydrogens (tertiary/aromatic N) is 2. The van der Waals surface area contributed by atoms with Crippen LogP contribution in [-0.4, -0.2) is 28.4 Å². The van der Waals surface area contributed by atoms with Gasteiger partial charge >= 0.3 is 33.3 Å². The monoisotopic (exact) mass is 671 g/mol. The van der Waals surface area contributed by atoms with Crippen molar-refractivity contribution >= 4 is 43.0 Å². The molecule has 1 N–H and O–H groups in total. The van der Waals surface area contributed by atoms with E-state index in [2.05, 4.69) is 133 Å². The van der Waals surface area contributed by atoms with Crippen LogP contribution in [0.1, 0.15) is 138 Å². The summed E-state index contributed by atoms with van der Waals surface area (Å²) < 4.78 is 5.38. The van der Waals surface area contributed by atoms with E-state index < -0.39 is 0 Å². The van der Waals surface area contributed by atoms with Crippen LogP contribution in [0.4, 0.5) is 11.4 Å². The third kappa shape index (κ3) is 10.4. The summed E-state index contributed by atoms with van der Waals surface area (Å²) in [6.07, 6.45) is 3.47. The third-order valence-corrected chi connectivity index (χ3v) is 8.16. The van der Waals surface area contributed by atoms with E-state index in [0.29, 0.717) is 0 Å². The summed E-state index contributed by atoms with van der Waals surface area (Å²) in [5.74, 6) is 0. The first-order chi connectivity index (χ1) is 19.6. The van der Waals surface area contributed by atoms with Crippen molar-refractivity contribution in [3.05, 3.63) is 58.7 Å². The topological polar surface area (TPSA) is 37.5 Å². The molecule has 0 spiro atoms. The molecular formula is C37H57Cl2FeN2O+. The molecule has 1 aliphatic rings. The summed E-state index contributed by atoms with van der Waals surface area (Å²) in [4.78, 5) is 10.7. The maximum atomic E-state index is 5.38. The number of halogens is 2. The molecule has 3 rings (SSSR count). The number of para-hydroxylation sites is 2. The summed E-state index contributed by atoms with van der Waals surface area (Å²) in [6, 6.07) is 13.4. The number of ether oxygens (including phenoxy) is 1. The minimum atomic E-state index is 0.0150. The molecule has 2 aromatic carbocycles. The van der Waals surface area contributed by atoms with Gasteiger partial charge < -0.3 is 4.74 Å². The number of hydrogen-bond acceptors (Lipinski definition) is 2. The molecule has 1 heterocycles. The molecule has 2 atom stereocenters. The van der Waals surface area contributed by atoms with Gasteiger partial charge in [-0.1, -0.05) is 119 Å². The molecule has 0 amide bonds. The van der Waals surface area contributed by atoms with E-state index in [1.54, 1.807) is 0 Å². The Hall–Kier alpha value is -1.16. The normalized spacial score (nSPS) is 19.3. The second kappa shape index (κ2) is 15.0. The average Bonchev–Trinajstić information content (AvgIpc) is 2.87. The molecule has 0 aromatic heterocycles. The molecular weight excluding hydrogens is 615 g/mol. The van der Waals surface area contributed by atoms with E-state index in [1.807, 2.05) is 0 Å². The Morgan fingerprint density at radius 2 is 0.860 bits per heavy atom. The van der Waals surface area contributed by atoms with E-state index >= 15 is 0 Å². The van der Waals surface area contributed by atoms with Crippen LogP contribution in [0.25, 0.3) is 0 Å². The summed E-state index contributed by atoms with van der Waals surface area (Å²) in [5, 5.41) is 0. The average molecular weight is 673 g/mol. The van der Waals surface area contributed by atoms with Gasteiger partial charge in [0.15, 0.2) is 12.2 Å². The van der Waals surface area contributed by atoms with Crippen LogP contribution in [-0.2, 0) is 34.8 Å².